The van der Waals surface area contributed by atoms with Gasteiger partial charge in [-0.3, -0.25) is 14.4 Å². The molecule has 0 aromatic rings. The zero-order valence-electron chi connectivity index (χ0n) is 10.8. The summed E-state index contributed by atoms with van der Waals surface area (Å²) in [5.41, 5.74) is 0. The molecule has 18 heavy (non-hydrogen) atoms. The number of hydrogen-bond donors (Lipinski definition) is 2. The van der Waals surface area contributed by atoms with Gasteiger partial charge in [0.2, 0.25) is 11.8 Å². The lowest BCUT2D eigenvalue weighted by molar-refractivity contribution is -0.149. The molecule has 1 rings (SSSR count). The molecule has 0 saturated carbocycles. The summed E-state index contributed by atoms with van der Waals surface area (Å²) in [6.07, 6.45) is 1.53. The first kappa shape index (κ1) is 14.5. The minimum atomic E-state index is -1.01. The molecule has 2 N–H and O–H groups in total. The minimum absolute atomic E-state index is 0.0487. The van der Waals surface area contributed by atoms with Crippen molar-refractivity contribution >= 4 is 17.8 Å². The van der Waals surface area contributed by atoms with Crippen LogP contribution in [0.4, 0.5) is 0 Å². The highest BCUT2D eigenvalue weighted by molar-refractivity contribution is 5.86. The summed E-state index contributed by atoms with van der Waals surface area (Å²) >= 11 is 0. The second kappa shape index (κ2) is 6.37. The molecule has 2 atom stereocenters. The molecule has 0 radical (unpaired) electrons. The molecule has 0 bridgehead atoms. The van der Waals surface area contributed by atoms with E-state index in [-0.39, 0.29) is 30.3 Å². The van der Waals surface area contributed by atoms with Crippen LogP contribution < -0.4 is 5.32 Å². The van der Waals surface area contributed by atoms with Gasteiger partial charge < -0.3 is 15.3 Å². The van der Waals surface area contributed by atoms with E-state index in [0.29, 0.717) is 25.8 Å². The lowest BCUT2D eigenvalue weighted by Crippen LogP contribution is -2.49. The van der Waals surface area contributed by atoms with Crippen molar-refractivity contribution in [2.24, 2.45) is 5.92 Å². The standard InChI is InChI=1S/C12H20N2O4/c1-3-8(2)14(7-11(16)17)12(18)9-4-5-10(15)13-6-9/h8-9H,3-7H2,1-2H3,(H,13,15)(H,16,17)/t8-,9-/m1/s1. The van der Waals surface area contributed by atoms with E-state index in [4.69, 9.17) is 5.11 Å². The third-order valence-electron chi connectivity index (χ3n) is 3.33. The summed E-state index contributed by atoms with van der Waals surface area (Å²) < 4.78 is 0. The Bertz CT molecular complexity index is 333. The fourth-order valence-electron chi connectivity index (χ4n) is 2.00. The SMILES string of the molecule is CC[C@@H](C)N(CC(=O)O)C(=O)[C@@H]1CCC(=O)NC1. The number of aliphatic carboxylic acids is 1. The Balaban J connectivity index is 2.69. The third-order valence-corrected chi connectivity index (χ3v) is 3.33. The number of amides is 2. The number of nitrogens with zero attached hydrogens (tertiary/aromatic N) is 1. The Labute approximate surface area is 106 Å². The second-order valence-electron chi connectivity index (χ2n) is 4.66. The molecule has 0 unspecified atom stereocenters. The maximum Gasteiger partial charge on any atom is 0.323 e. The maximum absolute atomic E-state index is 12.3. The fourth-order valence-corrected chi connectivity index (χ4v) is 2.00. The normalized spacial score (nSPS) is 21.0. The first-order chi connectivity index (χ1) is 8.45. The monoisotopic (exact) mass is 256 g/mol. The highest BCUT2D eigenvalue weighted by atomic mass is 16.4. The molecule has 0 aliphatic carbocycles. The van der Waals surface area contributed by atoms with Crippen molar-refractivity contribution in [3.8, 4) is 0 Å². The van der Waals surface area contributed by atoms with Gasteiger partial charge in [0.05, 0.1) is 5.92 Å². The molecule has 1 aliphatic rings. The van der Waals surface area contributed by atoms with Crippen LogP contribution in [-0.2, 0) is 14.4 Å². The number of carbonyl (C=O) groups excluding carboxylic acids is 2. The quantitative estimate of drug-likeness (QED) is 0.737. The fraction of sp³-hybridized carbons (Fsp3) is 0.750. The van der Waals surface area contributed by atoms with Crippen LogP contribution in [-0.4, -0.2) is 46.9 Å². The van der Waals surface area contributed by atoms with E-state index in [0.717, 1.165) is 0 Å². The van der Waals surface area contributed by atoms with Gasteiger partial charge in [0, 0.05) is 19.0 Å². The molecule has 0 spiro atoms. The Morgan fingerprint density at radius 1 is 1.56 bits per heavy atom. The topological polar surface area (TPSA) is 86.7 Å². The number of carbonyl (C=O) groups is 3. The van der Waals surface area contributed by atoms with E-state index in [2.05, 4.69) is 5.32 Å². The Morgan fingerprint density at radius 3 is 2.67 bits per heavy atom. The molecule has 1 saturated heterocycles. The summed E-state index contributed by atoms with van der Waals surface area (Å²) in [4.78, 5) is 35.5. The average molecular weight is 256 g/mol. The van der Waals surface area contributed by atoms with Gasteiger partial charge in [-0.2, -0.15) is 0 Å². The van der Waals surface area contributed by atoms with Gasteiger partial charge in [-0.25, -0.2) is 0 Å². The van der Waals surface area contributed by atoms with Gasteiger partial charge >= 0.3 is 5.97 Å². The summed E-state index contributed by atoms with van der Waals surface area (Å²) in [7, 11) is 0. The van der Waals surface area contributed by atoms with Crippen LogP contribution in [0.2, 0.25) is 0 Å². The predicted molar refractivity (Wildman–Crippen MR) is 64.8 cm³/mol. The molecule has 1 aliphatic heterocycles. The van der Waals surface area contributed by atoms with Crippen LogP contribution >= 0.6 is 0 Å². The summed E-state index contributed by atoms with van der Waals surface area (Å²) in [5.74, 6) is -1.53. The Hall–Kier alpha value is -1.59. The summed E-state index contributed by atoms with van der Waals surface area (Å²) in [5, 5.41) is 11.5. The first-order valence-corrected chi connectivity index (χ1v) is 6.24. The molecule has 0 aromatic carbocycles. The lowest BCUT2D eigenvalue weighted by Gasteiger charge is -2.32. The van der Waals surface area contributed by atoms with Crippen molar-refractivity contribution in [3.63, 3.8) is 0 Å². The number of carboxylic acids is 1. The van der Waals surface area contributed by atoms with Gasteiger partial charge in [0.15, 0.2) is 0 Å². The van der Waals surface area contributed by atoms with Crippen molar-refractivity contribution in [1.29, 1.82) is 0 Å². The number of hydrogen-bond acceptors (Lipinski definition) is 3. The number of carboxylic acid groups (broad SMARTS) is 1. The van der Waals surface area contributed by atoms with Crippen molar-refractivity contribution < 1.29 is 19.5 Å². The van der Waals surface area contributed by atoms with Crippen molar-refractivity contribution in [1.82, 2.24) is 10.2 Å². The van der Waals surface area contributed by atoms with Crippen molar-refractivity contribution in [2.45, 2.75) is 39.2 Å². The molecule has 6 nitrogen and oxygen atoms in total. The van der Waals surface area contributed by atoms with Crippen LogP contribution in [0.25, 0.3) is 0 Å². The largest absolute Gasteiger partial charge is 0.480 e. The molecule has 0 aromatic heterocycles. The predicted octanol–water partition coefficient (Wildman–Crippen LogP) is 0.224. The maximum atomic E-state index is 12.3. The summed E-state index contributed by atoms with van der Waals surface area (Å²) in [6.45, 7) is 3.78. The molecule has 1 heterocycles. The van der Waals surface area contributed by atoms with Gasteiger partial charge in [0.25, 0.3) is 0 Å². The molecular formula is C12H20N2O4. The van der Waals surface area contributed by atoms with Gasteiger partial charge in [0.1, 0.15) is 6.54 Å². The molecule has 6 heteroatoms. The molecule has 2 amide bonds. The smallest absolute Gasteiger partial charge is 0.323 e. The summed E-state index contributed by atoms with van der Waals surface area (Å²) in [6, 6.07) is -0.105. The van der Waals surface area contributed by atoms with E-state index in [1.54, 1.807) is 0 Å². The minimum Gasteiger partial charge on any atom is -0.480 e. The van der Waals surface area contributed by atoms with E-state index < -0.39 is 5.97 Å². The van der Waals surface area contributed by atoms with Crippen LogP contribution in [0.3, 0.4) is 0 Å². The average Bonchev–Trinajstić information content (AvgIpc) is 2.35. The van der Waals surface area contributed by atoms with E-state index in [1.807, 2.05) is 13.8 Å². The van der Waals surface area contributed by atoms with Gasteiger partial charge in [-0.05, 0) is 19.8 Å². The second-order valence-corrected chi connectivity index (χ2v) is 4.66. The van der Waals surface area contributed by atoms with Crippen LogP contribution in [0.15, 0.2) is 0 Å². The van der Waals surface area contributed by atoms with Crippen molar-refractivity contribution in [2.75, 3.05) is 13.1 Å². The Morgan fingerprint density at radius 2 is 2.22 bits per heavy atom. The zero-order chi connectivity index (χ0) is 13.7. The number of piperidine rings is 1. The van der Waals surface area contributed by atoms with Crippen LogP contribution in [0, 0.1) is 5.92 Å². The zero-order valence-corrected chi connectivity index (χ0v) is 10.8. The first-order valence-electron chi connectivity index (χ1n) is 6.24. The van der Waals surface area contributed by atoms with Crippen LogP contribution in [0.1, 0.15) is 33.1 Å². The highest BCUT2D eigenvalue weighted by Crippen LogP contribution is 2.16. The lowest BCUT2D eigenvalue weighted by atomic mass is 9.96. The van der Waals surface area contributed by atoms with Crippen LogP contribution in [0.5, 0.6) is 0 Å². The van der Waals surface area contributed by atoms with Gasteiger partial charge in [-0.1, -0.05) is 6.92 Å². The molecule has 1 fully saturated rings. The van der Waals surface area contributed by atoms with E-state index in [1.165, 1.54) is 4.90 Å². The van der Waals surface area contributed by atoms with Crippen molar-refractivity contribution in [3.05, 3.63) is 0 Å². The van der Waals surface area contributed by atoms with E-state index >= 15 is 0 Å². The highest BCUT2D eigenvalue weighted by Gasteiger charge is 2.31. The Kier molecular flexibility index (Phi) is 5.12. The third kappa shape index (κ3) is 3.72. The van der Waals surface area contributed by atoms with Gasteiger partial charge in [-0.15, -0.1) is 0 Å². The number of rotatable bonds is 5. The van der Waals surface area contributed by atoms with E-state index in [9.17, 15) is 14.4 Å². The number of nitrogens with one attached hydrogen (secondary N) is 1. The molecular weight excluding hydrogens is 236 g/mol. The molecule has 102 valence electrons.